The summed E-state index contributed by atoms with van der Waals surface area (Å²) in [4.78, 5) is 0.341. The van der Waals surface area contributed by atoms with Crippen molar-refractivity contribution < 1.29 is 8.42 Å². The van der Waals surface area contributed by atoms with E-state index in [0.29, 0.717) is 4.90 Å². The topological polar surface area (TPSA) is 46.2 Å². The lowest BCUT2D eigenvalue weighted by atomic mass is 10.2. The summed E-state index contributed by atoms with van der Waals surface area (Å²) in [5, 5.41) is 0. The summed E-state index contributed by atoms with van der Waals surface area (Å²) >= 11 is 0. The lowest BCUT2D eigenvalue weighted by molar-refractivity contribution is 0.569. The second kappa shape index (κ2) is 4.33. The van der Waals surface area contributed by atoms with Crippen molar-refractivity contribution in [2.24, 2.45) is 0 Å². The monoisotopic (exact) mass is 227 g/mol. The molecule has 4 heteroatoms. The van der Waals surface area contributed by atoms with E-state index in [0.717, 1.165) is 11.1 Å². The van der Waals surface area contributed by atoms with Crippen molar-refractivity contribution in [2.45, 2.75) is 38.6 Å². The van der Waals surface area contributed by atoms with Crippen LogP contribution in [0.5, 0.6) is 0 Å². The Morgan fingerprint density at radius 3 is 1.93 bits per heavy atom. The van der Waals surface area contributed by atoms with Crippen molar-refractivity contribution in [3.8, 4) is 0 Å². The molecule has 0 aromatic heterocycles. The third-order valence-electron chi connectivity index (χ3n) is 1.90. The molecule has 0 aliphatic rings. The quantitative estimate of drug-likeness (QED) is 0.858. The first-order valence-electron chi connectivity index (χ1n) is 4.92. The molecule has 15 heavy (non-hydrogen) atoms. The van der Waals surface area contributed by atoms with Gasteiger partial charge >= 0.3 is 0 Å². The molecule has 0 aliphatic carbocycles. The molecule has 0 heterocycles. The van der Waals surface area contributed by atoms with Gasteiger partial charge in [-0.15, -0.1) is 0 Å². The highest BCUT2D eigenvalue weighted by atomic mass is 32.2. The molecule has 0 fully saturated rings. The molecule has 0 bridgehead atoms. The maximum atomic E-state index is 11.8. The Hall–Kier alpha value is -0.870. The highest BCUT2D eigenvalue weighted by Crippen LogP contribution is 2.14. The van der Waals surface area contributed by atoms with Crippen LogP contribution in [0.1, 0.15) is 25.0 Å². The van der Waals surface area contributed by atoms with Gasteiger partial charge in [-0.1, -0.05) is 6.07 Å². The van der Waals surface area contributed by atoms with Crippen molar-refractivity contribution in [1.29, 1.82) is 0 Å². The fourth-order valence-corrected chi connectivity index (χ4v) is 2.91. The van der Waals surface area contributed by atoms with Crippen molar-refractivity contribution in [2.75, 3.05) is 0 Å². The summed E-state index contributed by atoms with van der Waals surface area (Å²) in [6, 6.07) is 5.22. The Balaban J connectivity index is 3.16. The molecule has 1 rings (SSSR count). The Morgan fingerprint density at radius 2 is 1.53 bits per heavy atom. The Bertz CT molecular complexity index is 429. The van der Waals surface area contributed by atoms with Crippen LogP contribution in [0, 0.1) is 13.8 Å². The number of sulfonamides is 1. The smallest absolute Gasteiger partial charge is 0.209 e. The van der Waals surface area contributed by atoms with Gasteiger partial charge in [-0.05, 0) is 51.0 Å². The normalized spacial score (nSPS) is 12.1. The van der Waals surface area contributed by atoms with Crippen molar-refractivity contribution >= 4 is 10.0 Å². The zero-order valence-corrected chi connectivity index (χ0v) is 10.4. The predicted octanol–water partition coefficient (Wildman–Crippen LogP) is 1.99. The van der Waals surface area contributed by atoms with Gasteiger partial charge in [-0.25, -0.2) is 13.1 Å². The fourth-order valence-electron chi connectivity index (χ4n) is 1.47. The predicted molar refractivity (Wildman–Crippen MR) is 61.4 cm³/mol. The van der Waals surface area contributed by atoms with Crippen LogP contribution < -0.4 is 4.72 Å². The van der Waals surface area contributed by atoms with Crippen molar-refractivity contribution in [3.63, 3.8) is 0 Å². The molecule has 0 saturated carbocycles. The average molecular weight is 227 g/mol. The summed E-state index contributed by atoms with van der Waals surface area (Å²) < 4.78 is 26.2. The molecule has 0 amide bonds. The van der Waals surface area contributed by atoms with Gasteiger partial charge in [0, 0.05) is 6.04 Å². The average Bonchev–Trinajstić information content (AvgIpc) is 1.99. The maximum Gasteiger partial charge on any atom is 0.240 e. The fraction of sp³-hybridized carbons (Fsp3) is 0.455. The molecule has 1 aromatic carbocycles. The van der Waals surface area contributed by atoms with E-state index < -0.39 is 10.0 Å². The lowest BCUT2D eigenvalue weighted by Crippen LogP contribution is -2.30. The lowest BCUT2D eigenvalue weighted by Gasteiger charge is -2.10. The highest BCUT2D eigenvalue weighted by Gasteiger charge is 2.15. The van der Waals surface area contributed by atoms with Crippen LogP contribution in [0.2, 0.25) is 0 Å². The summed E-state index contributed by atoms with van der Waals surface area (Å²) in [5.41, 5.74) is 1.92. The van der Waals surface area contributed by atoms with Crippen LogP contribution >= 0.6 is 0 Å². The second-order valence-corrected chi connectivity index (χ2v) is 5.81. The van der Waals surface area contributed by atoms with E-state index in [1.165, 1.54) is 0 Å². The first kappa shape index (κ1) is 12.2. The highest BCUT2D eigenvalue weighted by molar-refractivity contribution is 7.89. The van der Waals surface area contributed by atoms with E-state index in [-0.39, 0.29) is 6.04 Å². The molecule has 0 atom stereocenters. The third kappa shape index (κ3) is 3.32. The van der Waals surface area contributed by atoms with E-state index in [4.69, 9.17) is 0 Å². The molecule has 84 valence electrons. The van der Waals surface area contributed by atoms with E-state index in [1.54, 1.807) is 26.0 Å². The molecule has 0 aliphatic heterocycles. The molecule has 3 nitrogen and oxygen atoms in total. The molecule has 0 unspecified atom stereocenters. The minimum absolute atomic E-state index is 0.0872. The largest absolute Gasteiger partial charge is 0.240 e. The van der Waals surface area contributed by atoms with Gasteiger partial charge in [0.05, 0.1) is 4.90 Å². The number of hydrogen-bond acceptors (Lipinski definition) is 2. The number of hydrogen-bond donors (Lipinski definition) is 1. The molecule has 0 spiro atoms. The number of rotatable bonds is 3. The molecular weight excluding hydrogens is 210 g/mol. The molecule has 0 radical (unpaired) electrons. The Kier molecular flexibility index (Phi) is 3.52. The molecular formula is C11H17NO2S. The van der Waals surface area contributed by atoms with Gasteiger partial charge in [0.2, 0.25) is 10.0 Å². The van der Waals surface area contributed by atoms with Crippen LogP contribution in [-0.4, -0.2) is 14.5 Å². The minimum Gasteiger partial charge on any atom is -0.209 e. The van der Waals surface area contributed by atoms with E-state index in [9.17, 15) is 8.42 Å². The molecule has 1 aromatic rings. The summed E-state index contributed by atoms with van der Waals surface area (Å²) in [7, 11) is -3.35. The van der Waals surface area contributed by atoms with Gasteiger partial charge in [-0.2, -0.15) is 0 Å². The number of benzene rings is 1. The standard InChI is InChI=1S/C11H17NO2S/c1-8(2)12-15(13,14)11-6-9(3)5-10(4)7-11/h5-8,12H,1-4H3. The van der Waals surface area contributed by atoms with Gasteiger partial charge in [-0.3, -0.25) is 0 Å². The van der Waals surface area contributed by atoms with Gasteiger partial charge in [0.15, 0.2) is 0 Å². The number of aryl methyl sites for hydroxylation is 2. The third-order valence-corrected chi connectivity index (χ3v) is 3.53. The summed E-state index contributed by atoms with van der Waals surface area (Å²) in [5.74, 6) is 0. The van der Waals surface area contributed by atoms with Gasteiger partial charge < -0.3 is 0 Å². The SMILES string of the molecule is Cc1cc(C)cc(S(=O)(=O)NC(C)C)c1. The first-order valence-corrected chi connectivity index (χ1v) is 6.40. The van der Waals surface area contributed by atoms with Gasteiger partial charge in [0.25, 0.3) is 0 Å². The molecule has 1 N–H and O–H groups in total. The number of nitrogens with one attached hydrogen (secondary N) is 1. The van der Waals surface area contributed by atoms with Crippen LogP contribution in [0.15, 0.2) is 23.1 Å². The maximum absolute atomic E-state index is 11.8. The van der Waals surface area contributed by atoms with E-state index in [1.807, 2.05) is 19.9 Å². The van der Waals surface area contributed by atoms with Gasteiger partial charge in [0.1, 0.15) is 0 Å². The summed E-state index contributed by atoms with van der Waals surface area (Å²) in [6.45, 7) is 7.39. The summed E-state index contributed by atoms with van der Waals surface area (Å²) in [6.07, 6.45) is 0. The zero-order chi connectivity index (χ0) is 11.6. The minimum atomic E-state index is -3.35. The van der Waals surface area contributed by atoms with Crippen LogP contribution in [0.25, 0.3) is 0 Å². The van der Waals surface area contributed by atoms with Crippen molar-refractivity contribution in [1.82, 2.24) is 4.72 Å². The Labute approximate surface area is 91.6 Å². The Morgan fingerprint density at radius 1 is 1.07 bits per heavy atom. The van der Waals surface area contributed by atoms with E-state index in [2.05, 4.69) is 4.72 Å². The van der Waals surface area contributed by atoms with Crippen LogP contribution in [0.3, 0.4) is 0 Å². The van der Waals surface area contributed by atoms with Crippen LogP contribution in [0.4, 0.5) is 0 Å². The van der Waals surface area contributed by atoms with Crippen LogP contribution in [-0.2, 0) is 10.0 Å². The van der Waals surface area contributed by atoms with E-state index >= 15 is 0 Å². The van der Waals surface area contributed by atoms with Crippen molar-refractivity contribution in [3.05, 3.63) is 29.3 Å². The zero-order valence-electron chi connectivity index (χ0n) is 9.53. The first-order chi connectivity index (χ1) is 6.81. The second-order valence-electron chi connectivity index (χ2n) is 4.10. The molecule has 0 saturated heterocycles.